The summed E-state index contributed by atoms with van der Waals surface area (Å²) in [5, 5.41) is 0. The second-order valence-corrected chi connectivity index (χ2v) is 15.0. The summed E-state index contributed by atoms with van der Waals surface area (Å²) in [5.41, 5.74) is 2.09. The number of rotatable bonds is 4. The molecule has 3 nitrogen and oxygen atoms in total. The van der Waals surface area contributed by atoms with Gasteiger partial charge in [0.1, 0.15) is 0 Å². The summed E-state index contributed by atoms with van der Waals surface area (Å²) < 4.78 is 19.3. The molecular weight excluding hydrogens is 444 g/mol. The Bertz CT molecular complexity index is 839. The molecule has 6 fully saturated rings. The molecule has 0 radical (unpaired) electrons. The Hall–Kier alpha value is -0.120. The van der Waals surface area contributed by atoms with E-state index in [0.717, 1.165) is 18.3 Å². The third-order valence-electron chi connectivity index (χ3n) is 14.1. The van der Waals surface area contributed by atoms with Crippen molar-refractivity contribution >= 4 is 0 Å². The minimum absolute atomic E-state index is 0.0324. The first-order valence-electron chi connectivity index (χ1n) is 15.7. The van der Waals surface area contributed by atoms with Crippen molar-refractivity contribution in [2.45, 2.75) is 150 Å². The fraction of sp³-hybridized carbons (Fsp3) is 1.00. The summed E-state index contributed by atoms with van der Waals surface area (Å²) >= 11 is 0. The Labute approximate surface area is 223 Å². The molecule has 0 amide bonds. The van der Waals surface area contributed by atoms with Gasteiger partial charge in [-0.05, 0) is 116 Å². The summed E-state index contributed by atoms with van der Waals surface area (Å²) in [6, 6.07) is 0. The van der Waals surface area contributed by atoms with Gasteiger partial charge in [0.25, 0.3) is 0 Å². The average Bonchev–Trinajstić information content (AvgIpc) is 3.25. The Morgan fingerprint density at radius 1 is 0.750 bits per heavy atom. The summed E-state index contributed by atoms with van der Waals surface area (Å²) in [5.74, 6) is 2.19. The average molecular weight is 503 g/mol. The lowest BCUT2D eigenvalue weighted by atomic mass is 9.41. The molecule has 5 saturated carbocycles. The van der Waals surface area contributed by atoms with Crippen LogP contribution in [0.1, 0.15) is 126 Å². The van der Waals surface area contributed by atoms with Gasteiger partial charge in [-0.3, -0.25) is 0 Å². The molecule has 36 heavy (non-hydrogen) atoms. The van der Waals surface area contributed by atoms with Gasteiger partial charge in [-0.2, -0.15) is 0 Å². The zero-order valence-corrected chi connectivity index (χ0v) is 25.5. The summed E-state index contributed by atoms with van der Waals surface area (Å²) in [6.07, 6.45) is 15.8. The van der Waals surface area contributed by atoms with Gasteiger partial charge in [0, 0.05) is 20.1 Å². The molecule has 1 saturated heterocycles. The van der Waals surface area contributed by atoms with Gasteiger partial charge in [0.05, 0.1) is 23.9 Å². The molecule has 3 heteroatoms. The Kier molecular flexibility index (Phi) is 6.62. The van der Waals surface area contributed by atoms with E-state index < -0.39 is 0 Å². The largest absolute Gasteiger partial charge is 0.381 e. The highest BCUT2D eigenvalue weighted by Gasteiger charge is 2.83. The first kappa shape index (κ1) is 27.4. The highest BCUT2D eigenvalue weighted by atomic mass is 16.5. The molecule has 208 valence electrons. The first-order valence-corrected chi connectivity index (χ1v) is 15.7. The van der Waals surface area contributed by atoms with Gasteiger partial charge >= 0.3 is 0 Å². The molecule has 1 heterocycles. The van der Waals surface area contributed by atoms with E-state index in [0.29, 0.717) is 51.3 Å². The fourth-order valence-electron chi connectivity index (χ4n) is 12.5. The maximum atomic E-state index is 6.89. The number of hydrogen-bond acceptors (Lipinski definition) is 3. The minimum atomic E-state index is -0.0324. The SMILES string of the molecule is CC.CCC1CC[C@](C)(C2[C@@H](OC)C[C@@]3(C)[C@@H]4CCC5C(C)(C)C(OC)CCC56CC46CCC23C)O1. The maximum absolute atomic E-state index is 6.89. The van der Waals surface area contributed by atoms with E-state index in [1.807, 2.05) is 28.1 Å². The van der Waals surface area contributed by atoms with Crippen LogP contribution in [0.25, 0.3) is 0 Å². The van der Waals surface area contributed by atoms with E-state index in [1.54, 1.807) is 0 Å². The van der Waals surface area contributed by atoms with Crippen molar-refractivity contribution in [1.29, 1.82) is 0 Å². The Morgan fingerprint density at radius 2 is 1.42 bits per heavy atom. The smallest absolute Gasteiger partial charge is 0.0717 e. The van der Waals surface area contributed by atoms with Crippen LogP contribution in [0.3, 0.4) is 0 Å². The van der Waals surface area contributed by atoms with Crippen LogP contribution in [-0.4, -0.2) is 38.1 Å². The lowest BCUT2D eigenvalue weighted by Crippen LogP contribution is -2.59. The molecule has 0 aromatic heterocycles. The zero-order valence-electron chi connectivity index (χ0n) is 25.5. The minimum Gasteiger partial charge on any atom is -0.381 e. The van der Waals surface area contributed by atoms with Crippen molar-refractivity contribution in [2.75, 3.05) is 14.2 Å². The Balaban J connectivity index is 0.00000130. The van der Waals surface area contributed by atoms with Crippen molar-refractivity contribution in [2.24, 2.45) is 44.8 Å². The maximum Gasteiger partial charge on any atom is 0.0717 e. The van der Waals surface area contributed by atoms with E-state index in [-0.39, 0.29) is 5.60 Å². The van der Waals surface area contributed by atoms with Gasteiger partial charge in [-0.1, -0.05) is 48.5 Å². The van der Waals surface area contributed by atoms with Crippen LogP contribution in [0.15, 0.2) is 0 Å². The van der Waals surface area contributed by atoms with Crippen molar-refractivity contribution in [1.82, 2.24) is 0 Å². The molecule has 0 aromatic carbocycles. The number of methoxy groups -OCH3 is 2. The molecule has 2 spiro atoms. The number of ether oxygens (including phenoxy) is 3. The zero-order chi connectivity index (χ0) is 26.4. The van der Waals surface area contributed by atoms with E-state index in [9.17, 15) is 0 Å². The van der Waals surface area contributed by atoms with Crippen molar-refractivity contribution in [3.05, 3.63) is 0 Å². The lowest BCUT2D eigenvalue weighted by Gasteiger charge is -2.63. The van der Waals surface area contributed by atoms with Crippen LogP contribution in [0.2, 0.25) is 0 Å². The molecule has 0 N–H and O–H groups in total. The molecular formula is C33H58O3. The Morgan fingerprint density at radius 3 is 2.03 bits per heavy atom. The van der Waals surface area contributed by atoms with E-state index in [4.69, 9.17) is 14.2 Å². The topological polar surface area (TPSA) is 27.7 Å². The quantitative estimate of drug-likeness (QED) is 0.386. The number of hydrogen-bond donors (Lipinski definition) is 0. The fourth-order valence-corrected chi connectivity index (χ4v) is 12.5. The highest BCUT2D eigenvalue weighted by Crippen LogP contribution is 2.89. The second-order valence-electron chi connectivity index (χ2n) is 15.0. The van der Waals surface area contributed by atoms with E-state index in [2.05, 4.69) is 41.5 Å². The summed E-state index contributed by atoms with van der Waals surface area (Å²) in [4.78, 5) is 0. The van der Waals surface area contributed by atoms with E-state index in [1.165, 1.54) is 64.2 Å². The van der Waals surface area contributed by atoms with Crippen molar-refractivity contribution in [3.63, 3.8) is 0 Å². The molecule has 7 unspecified atom stereocenters. The predicted molar refractivity (Wildman–Crippen MR) is 148 cm³/mol. The lowest BCUT2D eigenvalue weighted by molar-refractivity contribution is -0.186. The molecule has 6 aliphatic rings. The molecule has 5 aliphatic carbocycles. The molecule has 0 aromatic rings. The number of fused-ring (bicyclic) bond motifs is 2. The molecule has 6 rings (SSSR count). The first-order chi connectivity index (χ1) is 17.0. The highest BCUT2D eigenvalue weighted by molar-refractivity contribution is 5.32. The van der Waals surface area contributed by atoms with Crippen LogP contribution in [0.4, 0.5) is 0 Å². The van der Waals surface area contributed by atoms with Crippen LogP contribution >= 0.6 is 0 Å². The van der Waals surface area contributed by atoms with Crippen LogP contribution in [-0.2, 0) is 14.2 Å². The van der Waals surface area contributed by atoms with Gasteiger partial charge in [-0.15, -0.1) is 0 Å². The van der Waals surface area contributed by atoms with Crippen molar-refractivity contribution < 1.29 is 14.2 Å². The monoisotopic (exact) mass is 502 g/mol. The van der Waals surface area contributed by atoms with E-state index >= 15 is 0 Å². The van der Waals surface area contributed by atoms with Crippen LogP contribution in [0, 0.1) is 44.8 Å². The van der Waals surface area contributed by atoms with Crippen molar-refractivity contribution in [3.8, 4) is 0 Å². The van der Waals surface area contributed by atoms with Gasteiger partial charge in [-0.25, -0.2) is 0 Å². The second kappa shape index (κ2) is 8.69. The third-order valence-corrected chi connectivity index (χ3v) is 14.1. The predicted octanol–water partition coefficient (Wildman–Crippen LogP) is 8.44. The van der Waals surface area contributed by atoms with Gasteiger partial charge < -0.3 is 14.2 Å². The molecule has 11 atom stereocenters. The summed E-state index contributed by atoms with van der Waals surface area (Å²) in [6.45, 7) is 19.2. The third kappa shape index (κ3) is 3.15. The standard InChI is InChI=1S/C31H52O3.C2H6/c1-9-20-12-14-29(6,34-20)25-21(32-7)18-28(5)23-11-10-22-26(2,3)24(33-8)13-15-30(22)19-31(23,30)17-16-27(25,28)4;1-2/h20-25H,9-19H2,1-8H3;1-2H3/t20?,21-,22?,23-,24?,25?,27?,28-,29+,30?,31?;/m0./s1. The van der Waals surface area contributed by atoms with Crippen LogP contribution < -0.4 is 0 Å². The van der Waals surface area contributed by atoms with Gasteiger partial charge in [0.2, 0.25) is 0 Å². The summed E-state index contributed by atoms with van der Waals surface area (Å²) in [7, 11) is 3.93. The normalized spacial score (nSPS) is 56.5. The molecule has 0 bridgehead atoms. The van der Waals surface area contributed by atoms with Gasteiger partial charge in [0.15, 0.2) is 0 Å². The molecule has 1 aliphatic heterocycles. The van der Waals surface area contributed by atoms with Crippen LogP contribution in [0.5, 0.6) is 0 Å².